The molecule has 0 N–H and O–H groups in total. The highest BCUT2D eigenvalue weighted by molar-refractivity contribution is 5.94. The fraction of sp³-hybridized carbons (Fsp3) is 0.611. The molecule has 2 fully saturated rings. The van der Waals surface area contributed by atoms with Crippen LogP contribution in [0.1, 0.15) is 51.5 Å². The second kappa shape index (κ2) is 4.77. The van der Waals surface area contributed by atoms with Crippen molar-refractivity contribution in [1.82, 2.24) is 0 Å². The van der Waals surface area contributed by atoms with Crippen LogP contribution in [0.25, 0.3) is 0 Å². The zero-order valence-electron chi connectivity index (χ0n) is 12.1. The zero-order valence-corrected chi connectivity index (χ0v) is 12.1. The number of hydrogen-bond donors (Lipinski definition) is 0. The maximum atomic E-state index is 13.0. The fourth-order valence-corrected chi connectivity index (χ4v) is 4.11. The van der Waals surface area contributed by atoms with Crippen LogP contribution in [-0.4, -0.2) is 5.78 Å². The van der Waals surface area contributed by atoms with Gasteiger partial charge in [0.25, 0.3) is 0 Å². The molecule has 2 saturated carbocycles. The molecule has 1 aromatic rings. The van der Waals surface area contributed by atoms with E-state index in [0.717, 1.165) is 25.7 Å². The molecule has 2 aliphatic rings. The van der Waals surface area contributed by atoms with Crippen LogP contribution in [-0.2, 0) is 10.2 Å². The molecule has 0 saturated heterocycles. The smallest absolute Gasteiger partial charge is 0.146 e. The number of benzene rings is 1. The van der Waals surface area contributed by atoms with E-state index in [-0.39, 0.29) is 5.41 Å². The largest absolute Gasteiger partial charge is 0.298 e. The Bertz CT molecular complexity index is 448. The van der Waals surface area contributed by atoms with Crippen molar-refractivity contribution in [2.45, 2.75) is 51.4 Å². The number of rotatable bonds is 3. The Labute approximate surface area is 116 Å². The molecule has 0 spiro atoms. The molecular weight excluding hydrogens is 232 g/mol. The Balaban J connectivity index is 1.80. The van der Waals surface area contributed by atoms with E-state index in [1.54, 1.807) is 0 Å². The second-order valence-corrected chi connectivity index (χ2v) is 6.93. The van der Waals surface area contributed by atoms with Crippen LogP contribution in [0.5, 0.6) is 0 Å². The van der Waals surface area contributed by atoms with Gasteiger partial charge in [-0.05, 0) is 49.5 Å². The van der Waals surface area contributed by atoms with E-state index in [1.807, 2.05) is 6.07 Å². The Kier molecular flexibility index (Phi) is 3.24. The summed E-state index contributed by atoms with van der Waals surface area (Å²) in [6, 6.07) is 10.4. The van der Waals surface area contributed by atoms with E-state index in [9.17, 15) is 4.79 Å². The van der Waals surface area contributed by atoms with Gasteiger partial charge in [-0.15, -0.1) is 0 Å². The van der Waals surface area contributed by atoms with Gasteiger partial charge in [-0.25, -0.2) is 0 Å². The molecule has 1 heteroatoms. The topological polar surface area (TPSA) is 17.1 Å². The van der Waals surface area contributed by atoms with Gasteiger partial charge < -0.3 is 0 Å². The lowest BCUT2D eigenvalue weighted by Crippen LogP contribution is -2.33. The summed E-state index contributed by atoms with van der Waals surface area (Å²) in [5, 5.41) is 0. The SMILES string of the molecule is CC1CC(C)CC(C(=O)C2(c3ccccc3)CC2)C1. The Morgan fingerprint density at radius 3 is 2.11 bits per heavy atom. The van der Waals surface area contributed by atoms with Gasteiger partial charge in [0.1, 0.15) is 5.78 Å². The van der Waals surface area contributed by atoms with Gasteiger partial charge in [0.05, 0.1) is 5.41 Å². The third kappa shape index (κ3) is 2.35. The maximum absolute atomic E-state index is 13.0. The molecule has 0 aliphatic heterocycles. The minimum Gasteiger partial charge on any atom is -0.298 e. The first-order chi connectivity index (χ1) is 9.12. The van der Waals surface area contributed by atoms with Crippen LogP contribution in [0.15, 0.2) is 30.3 Å². The lowest BCUT2D eigenvalue weighted by atomic mass is 9.71. The average Bonchev–Trinajstić information content (AvgIpc) is 3.19. The van der Waals surface area contributed by atoms with Crippen LogP contribution in [0.3, 0.4) is 0 Å². The van der Waals surface area contributed by atoms with Crippen molar-refractivity contribution >= 4 is 5.78 Å². The molecule has 2 aliphatic carbocycles. The van der Waals surface area contributed by atoms with E-state index < -0.39 is 0 Å². The predicted octanol–water partition coefficient (Wildman–Crippen LogP) is 4.36. The molecule has 0 amide bonds. The molecule has 3 rings (SSSR count). The normalized spacial score (nSPS) is 32.8. The minimum absolute atomic E-state index is 0.108. The Morgan fingerprint density at radius 1 is 1.00 bits per heavy atom. The molecular formula is C18H24O. The summed E-state index contributed by atoms with van der Waals surface area (Å²) in [5.74, 6) is 2.27. The van der Waals surface area contributed by atoms with Gasteiger partial charge in [0, 0.05) is 5.92 Å². The second-order valence-electron chi connectivity index (χ2n) is 6.93. The molecule has 0 bridgehead atoms. The first kappa shape index (κ1) is 12.9. The highest BCUT2D eigenvalue weighted by atomic mass is 16.1. The van der Waals surface area contributed by atoms with Crippen molar-refractivity contribution in [3.63, 3.8) is 0 Å². The van der Waals surface area contributed by atoms with Crippen molar-refractivity contribution in [3.05, 3.63) is 35.9 Å². The Hall–Kier alpha value is -1.11. The van der Waals surface area contributed by atoms with E-state index >= 15 is 0 Å². The van der Waals surface area contributed by atoms with Crippen molar-refractivity contribution in [2.75, 3.05) is 0 Å². The molecule has 1 aromatic carbocycles. The zero-order chi connectivity index (χ0) is 13.5. The molecule has 0 radical (unpaired) electrons. The van der Waals surface area contributed by atoms with Gasteiger partial charge in [-0.3, -0.25) is 4.79 Å². The number of ketones is 1. The summed E-state index contributed by atoms with van der Waals surface area (Å²) < 4.78 is 0. The summed E-state index contributed by atoms with van der Waals surface area (Å²) in [7, 11) is 0. The number of carbonyl (C=O) groups is 1. The van der Waals surface area contributed by atoms with Crippen molar-refractivity contribution in [3.8, 4) is 0 Å². The first-order valence-corrected chi connectivity index (χ1v) is 7.71. The number of Topliss-reactive ketones (excluding diaryl/α,β-unsaturated/α-hetero) is 1. The van der Waals surface area contributed by atoms with Gasteiger partial charge in [0.2, 0.25) is 0 Å². The third-order valence-electron chi connectivity index (χ3n) is 5.10. The lowest BCUT2D eigenvalue weighted by Gasteiger charge is -2.32. The molecule has 2 unspecified atom stereocenters. The summed E-state index contributed by atoms with van der Waals surface area (Å²) in [6.07, 6.45) is 5.64. The summed E-state index contributed by atoms with van der Waals surface area (Å²) >= 11 is 0. The molecule has 19 heavy (non-hydrogen) atoms. The predicted molar refractivity (Wildman–Crippen MR) is 78.0 cm³/mol. The quantitative estimate of drug-likeness (QED) is 0.785. The van der Waals surface area contributed by atoms with Crippen molar-refractivity contribution in [2.24, 2.45) is 17.8 Å². The standard InChI is InChI=1S/C18H24O/c1-13-10-14(2)12-15(11-13)17(19)18(8-9-18)16-6-4-3-5-7-16/h3-7,13-15H,8-12H2,1-2H3. The van der Waals surface area contributed by atoms with Crippen molar-refractivity contribution in [1.29, 1.82) is 0 Å². The van der Waals surface area contributed by atoms with E-state index in [0.29, 0.717) is 23.5 Å². The van der Waals surface area contributed by atoms with Crippen molar-refractivity contribution < 1.29 is 4.79 Å². The molecule has 0 heterocycles. The molecule has 102 valence electrons. The average molecular weight is 256 g/mol. The summed E-state index contributed by atoms with van der Waals surface area (Å²) in [4.78, 5) is 13.0. The van der Waals surface area contributed by atoms with Gasteiger partial charge in [-0.2, -0.15) is 0 Å². The summed E-state index contributed by atoms with van der Waals surface area (Å²) in [6.45, 7) is 4.61. The maximum Gasteiger partial charge on any atom is 0.146 e. The molecule has 0 aromatic heterocycles. The number of hydrogen-bond acceptors (Lipinski definition) is 1. The highest BCUT2D eigenvalue weighted by Gasteiger charge is 2.53. The molecule has 1 nitrogen and oxygen atoms in total. The van der Waals surface area contributed by atoms with Gasteiger partial charge >= 0.3 is 0 Å². The van der Waals surface area contributed by atoms with E-state index in [1.165, 1.54) is 12.0 Å². The monoisotopic (exact) mass is 256 g/mol. The van der Waals surface area contributed by atoms with Crippen LogP contribution in [0.4, 0.5) is 0 Å². The van der Waals surface area contributed by atoms with E-state index in [2.05, 4.69) is 38.1 Å². The Morgan fingerprint density at radius 2 is 1.58 bits per heavy atom. The van der Waals surface area contributed by atoms with Crippen LogP contribution < -0.4 is 0 Å². The number of carbonyl (C=O) groups excluding carboxylic acids is 1. The van der Waals surface area contributed by atoms with Gasteiger partial charge in [0.15, 0.2) is 0 Å². The van der Waals surface area contributed by atoms with Gasteiger partial charge in [-0.1, -0.05) is 44.2 Å². The minimum atomic E-state index is -0.108. The van der Waals surface area contributed by atoms with Crippen LogP contribution in [0.2, 0.25) is 0 Å². The fourth-order valence-electron chi connectivity index (χ4n) is 4.11. The lowest BCUT2D eigenvalue weighted by molar-refractivity contribution is -0.127. The first-order valence-electron chi connectivity index (χ1n) is 7.71. The highest BCUT2D eigenvalue weighted by Crippen LogP contribution is 2.52. The molecule has 2 atom stereocenters. The summed E-state index contributed by atoms with van der Waals surface area (Å²) in [5.41, 5.74) is 1.15. The van der Waals surface area contributed by atoms with Crippen LogP contribution >= 0.6 is 0 Å². The van der Waals surface area contributed by atoms with Crippen LogP contribution in [0, 0.1) is 17.8 Å². The van der Waals surface area contributed by atoms with E-state index in [4.69, 9.17) is 0 Å². The third-order valence-corrected chi connectivity index (χ3v) is 5.10.